The van der Waals surface area contributed by atoms with E-state index >= 15 is 0 Å². The summed E-state index contributed by atoms with van der Waals surface area (Å²) in [4.78, 5) is -0.0729. The second-order valence-corrected chi connectivity index (χ2v) is 7.92. The van der Waals surface area contributed by atoms with Gasteiger partial charge in [0.15, 0.2) is 0 Å². The quantitative estimate of drug-likeness (QED) is 0.898. The first-order valence-corrected chi connectivity index (χ1v) is 8.60. The summed E-state index contributed by atoms with van der Waals surface area (Å²) in [6, 6.07) is 3.62. The van der Waals surface area contributed by atoms with Gasteiger partial charge in [-0.05, 0) is 43.9 Å². The number of nitrogens with one attached hydrogen (secondary N) is 1. The smallest absolute Gasteiger partial charge is 0.207 e. The van der Waals surface area contributed by atoms with Crippen LogP contribution in [0.4, 0.5) is 0 Å². The Labute approximate surface area is 136 Å². The first-order valence-electron chi connectivity index (χ1n) is 6.36. The first-order chi connectivity index (χ1) is 9.46. The third-order valence-electron chi connectivity index (χ3n) is 3.59. The minimum atomic E-state index is -3.97. The highest BCUT2D eigenvalue weighted by Crippen LogP contribution is 2.34. The third kappa shape index (κ3) is 3.51. The molecule has 21 heavy (non-hydrogen) atoms. The molecule has 1 rings (SSSR count). The van der Waals surface area contributed by atoms with Crippen LogP contribution in [0.15, 0.2) is 11.0 Å². The van der Waals surface area contributed by atoms with E-state index in [1.807, 2.05) is 6.07 Å². The Kier molecular flexibility index (Phi) is 5.33. The maximum absolute atomic E-state index is 12.7. The Morgan fingerprint density at radius 1 is 1.33 bits per heavy atom. The van der Waals surface area contributed by atoms with E-state index in [1.165, 1.54) is 6.92 Å². The molecule has 1 aromatic carbocycles. The van der Waals surface area contributed by atoms with E-state index in [2.05, 4.69) is 4.72 Å². The maximum atomic E-state index is 12.7. The molecule has 0 saturated heterocycles. The minimum absolute atomic E-state index is 0.0729. The number of nitriles is 1. The van der Waals surface area contributed by atoms with E-state index in [0.29, 0.717) is 16.1 Å². The van der Waals surface area contributed by atoms with Crippen molar-refractivity contribution in [3.63, 3.8) is 0 Å². The SMILES string of the molecule is Cc1cc(Cl)c(C)c(S(=O)(=O)N[C@](C)(C#N)C(C)C)c1Cl. The molecule has 0 unspecified atom stereocenters. The molecule has 0 bridgehead atoms. The number of sulfonamides is 1. The van der Waals surface area contributed by atoms with Gasteiger partial charge >= 0.3 is 0 Å². The fourth-order valence-corrected chi connectivity index (χ4v) is 4.40. The standard InChI is InChI=1S/C14H18Cl2N2O2S/c1-8(2)14(5,7-17)18-21(19,20)13-10(4)11(15)6-9(3)12(13)16/h6,8,18H,1-5H3/t14-/m1/s1. The summed E-state index contributed by atoms with van der Waals surface area (Å²) in [5.74, 6) is -0.211. The van der Waals surface area contributed by atoms with Crippen molar-refractivity contribution in [3.05, 3.63) is 27.2 Å². The molecule has 0 saturated carbocycles. The van der Waals surface area contributed by atoms with Crippen molar-refractivity contribution in [1.82, 2.24) is 4.72 Å². The van der Waals surface area contributed by atoms with Crippen molar-refractivity contribution >= 4 is 33.2 Å². The molecule has 0 aliphatic carbocycles. The Morgan fingerprint density at radius 2 is 1.86 bits per heavy atom. The van der Waals surface area contributed by atoms with E-state index in [4.69, 9.17) is 23.2 Å². The topological polar surface area (TPSA) is 70.0 Å². The molecular formula is C14H18Cl2N2O2S. The molecule has 1 aromatic rings. The van der Waals surface area contributed by atoms with Crippen molar-refractivity contribution in [1.29, 1.82) is 5.26 Å². The number of hydrogen-bond acceptors (Lipinski definition) is 3. The Hall–Kier alpha value is -0.800. The molecule has 1 N–H and O–H groups in total. The van der Waals surface area contributed by atoms with Crippen LogP contribution in [0.25, 0.3) is 0 Å². The van der Waals surface area contributed by atoms with Crippen LogP contribution in [0.5, 0.6) is 0 Å². The normalized spacial score (nSPS) is 14.8. The van der Waals surface area contributed by atoms with Crippen LogP contribution in [0.2, 0.25) is 10.0 Å². The molecule has 0 aliphatic rings. The second-order valence-electron chi connectivity index (χ2n) is 5.52. The maximum Gasteiger partial charge on any atom is 0.243 e. The van der Waals surface area contributed by atoms with Gasteiger partial charge in [0.25, 0.3) is 0 Å². The van der Waals surface area contributed by atoms with Gasteiger partial charge in [0.05, 0.1) is 11.1 Å². The summed E-state index contributed by atoms with van der Waals surface area (Å²) in [6.45, 7) is 8.34. The molecular weight excluding hydrogens is 331 g/mol. The van der Waals surface area contributed by atoms with E-state index < -0.39 is 15.6 Å². The van der Waals surface area contributed by atoms with E-state index in [-0.39, 0.29) is 15.8 Å². The molecule has 0 fully saturated rings. The summed E-state index contributed by atoms with van der Waals surface area (Å²) >= 11 is 12.2. The monoisotopic (exact) mass is 348 g/mol. The molecule has 4 nitrogen and oxygen atoms in total. The molecule has 0 amide bonds. The van der Waals surface area contributed by atoms with Gasteiger partial charge in [0.2, 0.25) is 10.0 Å². The van der Waals surface area contributed by atoms with Crippen LogP contribution in [-0.4, -0.2) is 14.0 Å². The zero-order chi connectivity index (χ0) is 16.6. The van der Waals surface area contributed by atoms with Crippen LogP contribution in [0.1, 0.15) is 31.9 Å². The van der Waals surface area contributed by atoms with Crippen molar-refractivity contribution in [2.24, 2.45) is 5.92 Å². The number of benzene rings is 1. The van der Waals surface area contributed by atoms with Gasteiger partial charge in [0.1, 0.15) is 10.4 Å². The summed E-state index contributed by atoms with van der Waals surface area (Å²) in [7, 11) is -3.97. The zero-order valence-corrected chi connectivity index (χ0v) is 14.9. The number of nitrogens with zero attached hydrogens (tertiary/aromatic N) is 1. The van der Waals surface area contributed by atoms with Crippen molar-refractivity contribution < 1.29 is 8.42 Å². The number of hydrogen-bond donors (Lipinski definition) is 1. The third-order valence-corrected chi connectivity index (χ3v) is 6.32. The van der Waals surface area contributed by atoms with Gasteiger partial charge in [-0.2, -0.15) is 9.98 Å². The molecule has 1 atom stereocenters. The number of rotatable bonds is 4. The van der Waals surface area contributed by atoms with E-state index in [0.717, 1.165) is 0 Å². The summed E-state index contributed by atoms with van der Waals surface area (Å²) < 4.78 is 27.7. The summed E-state index contributed by atoms with van der Waals surface area (Å²) in [5.41, 5.74) is -0.301. The van der Waals surface area contributed by atoms with E-state index in [1.54, 1.807) is 33.8 Å². The molecule has 0 aliphatic heterocycles. The van der Waals surface area contributed by atoms with Crippen molar-refractivity contribution in [2.75, 3.05) is 0 Å². The first kappa shape index (κ1) is 18.2. The fraction of sp³-hybridized carbons (Fsp3) is 0.500. The Morgan fingerprint density at radius 3 is 2.29 bits per heavy atom. The molecule has 0 radical (unpaired) electrons. The molecule has 0 aromatic heterocycles. The second kappa shape index (κ2) is 6.13. The van der Waals surface area contributed by atoms with Crippen molar-refractivity contribution in [2.45, 2.75) is 45.1 Å². The van der Waals surface area contributed by atoms with Gasteiger partial charge in [-0.25, -0.2) is 8.42 Å². The lowest BCUT2D eigenvalue weighted by Gasteiger charge is -2.27. The largest absolute Gasteiger partial charge is 0.243 e. The van der Waals surface area contributed by atoms with Gasteiger partial charge < -0.3 is 0 Å². The van der Waals surface area contributed by atoms with Gasteiger partial charge in [0, 0.05) is 5.02 Å². The van der Waals surface area contributed by atoms with Crippen LogP contribution in [0, 0.1) is 31.1 Å². The average molecular weight is 349 g/mol. The lowest BCUT2D eigenvalue weighted by Crippen LogP contribution is -2.48. The van der Waals surface area contributed by atoms with Gasteiger partial charge in [-0.1, -0.05) is 37.0 Å². The highest BCUT2D eigenvalue weighted by atomic mass is 35.5. The minimum Gasteiger partial charge on any atom is -0.207 e. The summed E-state index contributed by atoms with van der Waals surface area (Å²) in [6.07, 6.45) is 0. The van der Waals surface area contributed by atoms with Crippen LogP contribution in [-0.2, 0) is 10.0 Å². The molecule has 0 spiro atoms. The predicted molar refractivity (Wildman–Crippen MR) is 85.1 cm³/mol. The number of halogens is 2. The lowest BCUT2D eigenvalue weighted by molar-refractivity contribution is 0.388. The number of aryl methyl sites for hydroxylation is 1. The zero-order valence-electron chi connectivity index (χ0n) is 12.6. The average Bonchev–Trinajstić information content (AvgIpc) is 2.35. The van der Waals surface area contributed by atoms with Gasteiger partial charge in [-0.3, -0.25) is 0 Å². The Bertz CT molecular complexity index is 682. The van der Waals surface area contributed by atoms with Gasteiger partial charge in [-0.15, -0.1) is 0 Å². The Balaban J connectivity index is 3.51. The molecule has 0 heterocycles. The summed E-state index contributed by atoms with van der Waals surface area (Å²) in [5, 5.41) is 9.72. The van der Waals surface area contributed by atoms with Crippen LogP contribution >= 0.6 is 23.2 Å². The molecule has 116 valence electrons. The van der Waals surface area contributed by atoms with Crippen LogP contribution in [0.3, 0.4) is 0 Å². The highest BCUT2D eigenvalue weighted by Gasteiger charge is 2.36. The lowest BCUT2D eigenvalue weighted by atomic mass is 9.92. The molecule has 7 heteroatoms. The van der Waals surface area contributed by atoms with Crippen LogP contribution < -0.4 is 4.72 Å². The van der Waals surface area contributed by atoms with Crippen molar-refractivity contribution in [3.8, 4) is 6.07 Å². The predicted octanol–water partition coefficient (Wildman–Crippen LogP) is 3.83. The highest BCUT2D eigenvalue weighted by molar-refractivity contribution is 7.89. The fourth-order valence-electron chi connectivity index (χ4n) is 1.73. The van der Waals surface area contributed by atoms with E-state index in [9.17, 15) is 13.7 Å².